The quantitative estimate of drug-likeness (QED) is 0.922. The van der Waals surface area contributed by atoms with Gasteiger partial charge in [0.25, 0.3) is 0 Å². The second-order valence-corrected chi connectivity index (χ2v) is 7.06. The molecule has 21 heavy (non-hydrogen) atoms. The highest BCUT2D eigenvalue weighted by molar-refractivity contribution is 7.89. The van der Waals surface area contributed by atoms with Crippen molar-refractivity contribution in [2.45, 2.75) is 45.1 Å². The zero-order valence-electron chi connectivity index (χ0n) is 12.7. The average molecular weight is 308 g/mol. The Balaban J connectivity index is 2.11. The van der Waals surface area contributed by atoms with E-state index in [2.05, 4.69) is 23.6 Å². The van der Waals surface area contributed by atoms with Gasteiger partial charge in [-0.25, -0.2) is 18.1 Å². The minimum Gasteiger partial charge on any atom is -0.444 e. The van der Waals surface area contributed by atoms with Gasteiger partial charge in [0.05, 0.1) is 17.1 Å². The lowest BCUT2D eigenvalue weighted by atomic mass is 10.0. The van der Waals surface area contributed by atoms with Crippen molar-refractivity contribution in [1.29, 1.82) is 0 Å². The molecule has 1 heterocycles. The van der Waals surface area contributed by atoms with Crippen LogP contribution in [0, 0.1) is 13.8 Å². The number of sulfonamides is 1. The first-order valence-electron chi connectivity index (χ1n) is 6.82. The van der Waals surface area contributed by atoms with E-state index < -0.39 is 10.0 Å². The molecule has 0 saturated heterocycles. The van der Waals surface area contributed by atoms with Gasteiger partial charge in [0.1, 0.15) is 5.76 Å². The summed E-state index contributed by atoms with van der Waals surface area (Å²) in [4.78, 5) is 4.39. The van der Waals surface area contributed by atoms with Gasteiger partial charge in [-0.3, -0.25) is 0 Å². The first kappa shape index (κ1) is 15.7. The minimum atomic E-state index is -3.55. The summed E-state index contributed by atoms with van der Waals surface area (Å²) in [5.41, 5.74) is 1.87. The van der Waals surface area contributed by atoms with Gasteiger partial charge in [-0.2, -0.15) is 0 Å². The molecule has 2 rings (SSSR count). The smallest absolute Gasteiger partial charge is 0.241 e. The molecule has 1 N–H and O–H groups in total. The third kappa shape index (κ3) is 3.71. The van der Waals surface area contributed by atoms with Crippen LogP contribution in [-0.4, -0.2) is 13.4 Å². The summed E-state index contributed by atoms with van der Waals surface area (Å²) >= 11 is 0. The minimum absolute atomic E-state index is 0.0446. The van der Waals surface area contributed by atoms with Crippen LogP contribution in [0.5, 0.6) is 0 Å². The van der Waals surface area contributed by atoms with Crippen molar-refractivity contribution >= 4 is 10.0 Å². The predicted octanol–water partition coefficient (Wildman–Crippen LogP) is 2.89. The Morgan fingerprint density at radius 1 is 1.19 bits per heavy atom. The number of oxazole rings is 1. The Morgan fingerprint density at radius 2 is 1.81 bits per heavy atom. The lowest BCUT2D eigenvalue weighted by molar-refractivity contribution is 0.463. The summed E-state index contributed by atoms with van der Waals surface area (Å²) in [7, 11) is -3.55. The van der Waals surface area contributed by atoms with E-state index in [0.717, 1.165) is 11.3 Å². The van der Waals surface area contributed by atoms with Crippen LogP contribution in [0.4, 0.5) is 0 Å². The van der Waals surface area contributed by atoms with E-state index in [0.29, 0.717) is 17.6 Å². The monoisotopic (exact) mass is 308 g/mol. The molecule has 1 aromatic carbocycles. The van der Waals surface area contributed by atoms with Crippen LogP contribution in [0.2, 0.25) is 0 Å². The number of aryl methyl sites for hydroxylation is 2. The molecule has 0 atom stereocenters. The van der Waals surface area contributed by atoms with Crippen molar-refractivity contribution in [3.05, 3.63) is 47.2 Å². The van der Waals surface area contributed by atoms with Gasteiger partial charge in [0.2, 0.25) is 15.9 Å². The van der Waals surface area contributed by atoms with Crippen LogP contribution in [0.1, 0.15) is 42.7 Å². The Bertz CT molecular complexity index is 696. The number of aromatic nitrogens is 1. The summed E-state index contributed by atoms with van der Waals surface area (Å²) in [5, 5.41) is 0. The van der Waals surface area contributed by atoms with Gasteiger partial charge in [-0.15, -0.1) is 0 Å². The lowest BCUT2D eigenvalue weighted by Crippen LogP contribution is -2.23. The highest BCUT2D eigenvalue weighted by atomic mass is 32.2. The van der Waals surface area contributed by atoms with Gasteiger partial charge in [-0.1, -0.05) is 26.0 Å². The molecular formula is C15H20N2O3S. The molecule has 0 saturated carbocycles. The van der Waals surface area contributed by atoms with Gasteiger partial charge in [0, 0.05) is 0 Å². The number of hydrogen-bond acceptors (Lipinski definition) is 4. The zero-order chi connectivity index (χ0) is 15.6. The maximum atomic E-state index is 12.2. The van der Waals surface area contributed by atoms with Crippen LogP contribution in [0.15, 0.2) is 33.6 Å². The van der Waals surface area contributed by atoms with Crippen molar-refractivity contribution < 1.29 is 12.8 Å². The van der Waals surface area contributed by atoms with Gasteiger partial charge in [-0.05, 0) is 37.5 Å². The fraction of sp³-hybridized carbons (Fsp3) is 0.400. The maximum absolute atomic E-state index is 12.2. The van der Waals surface area contributed by atoms with Crippen LogP contribution in [0.25, 0.3) is 0 Å². The molecule has 2 aromatic rings. The van der Waals surface area contributed by atoms with Gasteiger partial charge < -0.3 is 4.42 Å². The molecule has 1 aromatic heterocycles. The van der Waals surface area contributed by atoms with Crippen LogP contribution >= 0.6 is 0 Å². The topological polar surface area (TPSA) is 72.2 Å². The number of hydrogen-bond donors (Lipinski definition) is 1. The Morgan fingerprint density at radius 3 is 2.29 bits per heavy atom. The summed E-state index contributed by atoms with van der Waals surface area (Å²) in [6.07, 6.45) is 0. The fourth-order valence-corrected chi connectivity index (χ4v) is 2.86. The summed E-state index contributed by atoms with van der Waals surface area (Å²) < 4.78 is 32.3. The molecule has 0 fully saturated rings. The first-order valence-corrected chi connectivity index (χ1v) is 8.30. The standard InChI is InChI=1S/C15H20N2O3S/c1-10(2)13-5-7-14(8-6-13)21(18,19)16-9-15-17-11(3)12(4)20-15/h5-8,10,16H,9H2,1-4H3. The maximum Gasteiger partial charge on any atom is 0.241 e. The van der Waals surface area contributed by atoms with Crippen LogP contribution in [0.3, 0.4) is 0 Å². The largest absolute Gasteiger partial charge is 0.444 e. The third-order valence-corrected chi connectivity index (χ3v) is 4.76. The molecule has 114 valence electrons. The first-order chi connectivity index (χ1) is 9.79. The molecule has 0 aliphatic heterocycles. The van der Waals surface area contributed by atoms with E-state index in [1.165, 1.54) is 0 Å². The van der Waals surface area contributed by atoms with Crippen molar-refractivity contribution in [2.24, 2.45) is 0 Å². The number of benzene rings is 1. The molecule has 0 aliphatic carbocycles. The lowest BCUT2D eigenvalue weighted by Gasteiger charge is -2.08. The molecule has 0 aliphatic rings. The van der Waals surface area contributed by atoms with E-state index in [1.807, 2.05) is 19.1 Å². The van der Waals surface area contributed by atoms with E-state index in [1.54, 1.807) is 19.1 Å². The molecular weight excluding hydrogens is 288 g/mol. The molecule has 0 spiro atoms. The molecule has 6 heteroatoms. The number of rotatable bonds is 5. The molecule has 5 nitrogen and oxygen atoms in total. The fourth-order valence-electron chi connectivity index (χ4n) is 1.89. The van der Waals surface area contributed by atoms with Crippen molar-refractivity contribution in [3.63, 3.8) is 0 Å². The second-order valence-electron chi connectivity index (χ2n) is 5.30. The van der Waals surface area contributed by atoms with Crippen molar-refractivity contribution in [3.8, 4) is 0 Å². The van der Waals surface area contributed by atoms with Crippen LogP contribution < -0.4 is 4.72 Å². The number of nitrogens with one attached hydrogen (secondary N) is 1. The van der Waals surface area contributed by atoms with E-state index in [-0.39, 0.29) is 11.4 Å². The third-order valence-electron chi connectivity index (χ3n) is 3.34. The van der Waals surface area contributed by atoms with Crippen molar-refractivity contribution in [2.75, 3.05) is 0 Å². The molecule has 0 unspecified atom stereocenters. The van der Waals surface area contributed by atoms with Gasteiger partial charge in [0.15, 0.2) is 0 Å². The normalized spacial score (nSPS) is 12.0. The number of nitrogens with zero attached hydrogens (tertiary/aromatic N) is 1. The second kappa shape index (κ2) is 5.99. The summed E-state index contributed by atoms with van der Waals surface area (Å²) in [5.74, 6) is 1.44. The molecule has 0 amide bonds. The molecule has 0 radical (unpaired) electrons. The summed E-state index contributed by atoms with van der Waals surface area (Å²) in [6.45, 7) is 7.79. The summed E-state index contributed by atoms with van der Waals surface area (Å²) in [6, 6.07) is 6.89. The molecule has 0 bridgehead atoms. The predicted molar refractivity (Wildman–Crippen MR) is 80.5 cm³/mol. The zero-order valence-corrected chi connectivity index (χ0v) is 13.5. The van der Waals surface area contributed by atoms with Crippen molar-refractivity contribution in [1.82, 2.24) is 9.71 Å². The SMILES string of the molecule is Cc1nc(CNS(=O)(=O)c2ccc(C(C)C)cc2)oc1C. The Labute approximate surface area is 125 Å². The Kier molecular flexibility index (Phi) is 4.49. The van der Waals surface area contributed by atoms with E-state index in [4.69, 9.17) is 4.42 Å². The highest BCUT2D eigenvalue weighted by Gasteiger charge is 2.16. The van der Waals surface area contributed by atoms with Crippen LogP contribution in [-0.2, 0) is 16.6 Å². The average Bonchev–Trinajstić information content (AvgIpc) is 2.76. The Hall–Kier alpha value is -1.66. The van der Waals surface area contributed by atoms with E-state index >= 15 is 0 Å². The van der Waals surface area contributed by atoms with Gasteiger partial charge >= 0.3 is 0 Å². The highest BCUT2D eigenvalue weighted by Crippen LogP contribution is 2.17. The van der Waals surface area contributed by atoms with E-state index in [9.17, 15) is 8.42 Å².